The van der Waals surface area contributed by atoms with Crippen LogP contribution >= 0.6 is 22.7 Å². The summed E-state index contributed by atoms with van der Waals surface area (Å²) in [7, 11) is 0. The monoisotopic (exact) mass is 399 g/mol. The third-order valence-electron chi connectivity index (χ3n) is 4.47. The molecule has 0 aliphatic heterocycles. The average molecular weight is 400 g/mol. The van der Waals surface area contributed by atoms with Gasteiger partial charge in [-0.2, -0.15) is 11.3 Å². The summed E-state index contributed by atoms with van der Waals surface area (Å²) in [4.78, 5) is 19.2. The van der Waals surface area contributed by atoms with Crippen molar-refractivity contribution in [2.24, 2.45) is 0 Å². The van der Waals surface area contributed by atoms with Gasteiger partial charge in [0.05, 0.1) is 12.1 Å². The number of nitrogens with zero attached hydrogens (tertiary/aromatic N) is 2. The molecule has 0 saturated heterocycles. The van der Waals surface area contributed by atoms with Crippen LogP contribution in [0.5, 0.6) is 0 Å². The van der Waals surface area contributed by atoms with Crippen LogP contribution in [0.15, 0.2) is 46.5 Å². The zero-order valence-electron chi connectivity index (χ0n) is 15.8. The van der Waals surface area contributed by atoms with Crippen molar-refractivity contribution in [1.82, 2.24) is 15.2 Å². The fraction of sp³-hybridized carbons (Fsp3) is 0.333. The van der Waals surface area contributed by atoms with Gasteiger partial charge in [0.25, 0.3) is 0 Å². The van der Waals surface area contributed by atoms with E-state index in [1.54, 1.807) is 22.7 Å². The molecule has 27 heavy (non-hydrogen) atoms. The van der Waals surface area contributed by atoms with Crippen LogP contribution in [0.2, 0.25) is 0 Å². The first-order chi connectivity index (χ1) is 13.2. The highest BCUT2D eigenvalue weighted by Crippen LogP contribution is 2.25. The Morgan fingerprint density at radius 2 is 1.81 bits per heavy atom. The second-order valence-corrected chi connectivity index (χ2v) is 8.03. The van der Waals surface area contributed by atoms with Gasteiger partial charge >= 0.3 is 0 Å². The highest BCUT2D eigenvalue weighted by atomic mass is 32.1. The smallest absolute Gasteiger partial charge is 0.226 e. The van der Waals surface area contributed by atoms with Gasteiger partial charge < -0.3 is 5.32 Å². The van der Waals surface area contributed by atoms with Crippen LogP contribution in [0.25, 0.3) is 10.6 Å². The number of amides is 1. The lowest BCUT2D eigenvalue weighted by Crippen LogP contribution is -2.24. The summed E-state index contributed by atoms with van der Waals surface area (Å²) >= 11 is 3.24. The van der Waals surface area contributed by atoms with E-state index in [0.29, 0.717) is 13.0 Å². The molecule has 1 amide bonds. The van der Waals surface area contributed by atoms with E-state index in [4.69, 9.17) is 0 Å². The van der Waals surface area contributed by atoms with Crippen molar-refractivity contribution in [2.75, 3.05) is 13.1 Å². The Kier molecular flexibility index (Phi) is 7.15. The molecule has 6 heteroatoms. The number of thiophene rings is 1. The van der Waals surface area contributed by atoms with Crippen LogP contribution in [-0.4, -0.2) is 28.9 Å². The second-order valence-electron chi connectivity index (χ2n) is 6.39. The minimum atomic E-state index is 0.00406. The maximum Gasteiger partial charge on any atom is 0.226 e. The molecule has 2 aromatic heterocycles. The van der Waals surface area contributed by atoms with Gasteiger partial charge in [-0.1, -0.05) is 38.1 Å². The number of thiazole rings is 1. The summed E-state index contributed by atoms with van der Waals surface area (Å²) in [6.45, 7) is 7.98. The van der Waals surface area contributed by atoms with Crippen LogP contribution in [-0.2, 0) is 24.3 Å². The lowest BCUT2D eigenvalue weighted by molar-refractivity contribution is -0.120. The number of rotatable bonds is 9. The van der Waals surface area contributed by atoms with Gasteiger partial charge in [-0.15, -0.1) is 11.3 Å². The van der Waals surface area contributed by atoms with E-state index < -0.39 is 0 Å². The molecule has 0 aliphatic carbocycles. The van der Waals surface area contributed by atoms with Crippen molar-refractivity contribution in [2.45, 2.75) is 33.4 Å². The van der Waals surface area contributed by atoms with E-state index in [1.807, 2.05) is 10.8 Å². The van der Waals surface area contributed by atoms with E-state index in [2.05, 4.69) is 64.8 Å². The molecule has 1 N–H and O–H groups in total. The molecule has 0 radical (unpaired) electrons. The number of carbonyl (C=O) groups is 1. The molecule has 0 atom stereocenters. The number of carbonyl (C=O) groups excluding carboxylic acids is 1. The number of hydrogen-bond acceptors (Lipinski definition) is 5. The standard InChI is InChI=1S/C21H25N3OS2/c1-3-24(4-2)13-17-7-5-16(6-8-17)12-22-20(25)11-19-15-27-21(23-19)18-9-10-26-14-18/h5-10,14-15H,3-4,11-13H2,1-2H3,(H,22,25). The molecule has 0 fully saturated rings. The topological polar surface area (TPSA) is 45.2 Å². The summed E-state index contributed by atoms with van der Waals surface area (Å²) < 4.78 is 0. The van der Waals surface area contributed by atoms with Gasteiger partial charge in [0, 0.05) is 29.4 Å². The Morgan fingerprint density at radius 1 is 1.07 bits per heavy atom. The van der Waals surface area contributed by atoms with Crippen molar-refractivity contribution < 1.29 is 4.79 Å². The Balaban J connectivity index is 1.48. The number of benzene rings is 1. The van der Waals surface area contributed by atoms with Crippen LogP contribution in [0.4, 0.5) is 0 Å². The molecule has 3 rings (SSSR count). The minimum Gasteiger partial charge on any atom is -0.352 e. The van der Waals surface area contributed by atoms with Gasteiger partial charge in [-0.3, -0.25) is 9.69 Å². The molecule has 4 nitrogen and oxygen atoms in total. The van der Waals surface area contributed by atoms with Crippen LogP contribution in [0, 0.1) is 0 Å². The van der Waals surface area contributed by atoms with E-state index in [0.717, 1.165) is 41.5 Å². The first kappa shape index (κ1) is 19.7. The molecule has 0 unspecified atom stereocenters. The van der Waals surface area contributed by atoms with Gasteiger partial charge in [-0.05, 0) is 35.7 Å². The van der Waals surface area contributed by atoms with Crippen molar-refractivity contribution >= 4 is 28.6 Å². The summed E-state index contributed by atoms with van der Waals surface area (Å²) in [6, 6.07) is 10.5. The first-order valence-electron chi connectivity index (χ1n) is 9.21. The van der Waals surface area contributed by atoms with Crippen LogP contribution in [0.1, 0.15) is 30.7 Å². The summed E-state index contributed by atoms with van der Waals surface area (Å²) in [6.07, 6.45) is 0.320. The SMILES string of the molecule is CCN(CC)Cc1ccc(CNC(=O)Cc2csc(-c3ccsc3)n2)cc1. The Morgan fingerprint density at radius 3 is 2.48 bits per heavy atom. The fourth-order valence-electron chi connectivity index (χ4n) is 2.80. The zero-order valence-corrected chi connectivity index (χ0v) is 17.4. The average Bonchev–Trinajstić information content (AvgIpc) is 3.37. The highest BCUT2D eigenvalue weighted by Gasteiger charge is 2.09. The van der Waals surface area contributed by atoms with Crippen molar-refractivity contribution in [3.63, 3.8) is 0 Å². The molecular formula is C21H25N3OS2. The molecule has 0 saturated carbocycles. The number of aromatic nitrogens is 1. The maximum atomic E-state index is 12.2. The third kappa shape index (κ3) is 5.73. The molecule has 3 aromatic rings. The third-order valence-corrected chi connectivity index (χ3v) is 6.10. The molecule has 0 bridgehead atoms. The largest absolute Gasteiger partial charge is 0.352 e. The van der Waals surface area contributed by atoms with E-state index in [-0.39, 0.29) is 5.91 Å². The second kappa shape index (κ2) is 9.78. The van der Waals surface area contributed by atoms with Gasteiger partial charge in [0.1, 0.15) is 5.01 Å². The predicted octanol–water partition coefficient (Wildman–Crippen LogP) is 4.57. The molecule has 2 heterocycles. The Labute approximate surface area is 168 Å². The van der Waals surface area contributed by atoms with E-state index in [1.165, 1.54) is 5.56 Å². The molecule has 0 aliphatic rings. The number of hydrogen-bond donors (Lipinski definition) is 1. The summed E-state index contributed by atoms with van der Waals surface area (Å²) in [5.74, 6) is 0.00406. The number of nitrogens with one attached hydrogen (secondary N) is 1. The first-order valence-corrected chi connectivity index (χ1v) is 11.0. The normalized spacial score (nSPS) is 11.1. The zero-order chi connectivity index (χ0) is 19.1. The van der Waals surface area contributed by atoms with Crippen LogP contribution < -0.4 is 5.32 Å². The fourth-order valence-corrected chi connectivity index (χ4v) is 4.33. The quantitative estimate of drug-likeness (QED) is 0.573. The van der Waals surface area contributed by atoms with Crippen molar-refractivity contribution in [1.29, 1.82) is 0 Å². The van der Waals surface area contributed by atoms with Gasteiger partial charge in [0.2, 0.25) is 5.91 Å². The molecule has 142 valence electrons. The Hall–Kier alpha value is -2.02. The predicted molar refractivity (Wildman–Crippen MR) is 114 cm³/mol. The summed E-state index contributed by atoms with van der Waals surface area (Å²) in [5.41, 5.74) is 4.37. The van der Waals surface area contributed by atoms with Crippen molar-refractivity contribution in [3.8, 4) is 10.6 Å². The van der Waals surface area contributed by atoms with Gasteiger partial charge in [-0.25, -0.2) is 4.98 Å². The molecule has 1 aromatic carbocycles. The van der Waals surface area contributed by atoms with Crippen LogP contribution in [0.3, 0.4) is 0 Å². The van der Waals surface area contributed by atoms with Crippen molar-refractivity contribution in [3.05, 3.63) is 63.3 Å². The van der Waals surface area contributed by atoms with E-state index >= 15 is 0 Å². The lowest BCUT2D eigenvalue weighted by atomic mass is 10.1. The highest BCUT2D eigenvalue weighted by molar-refractivity contribution is 7.14. The lowest BCUT2D eigenvalue weighted by Gasteiger charge is -2.18. The molecule has 0 spiro atoms. The van der Waals surface area contributed by atoms with E-state index in [9.17, 15) is 4.79 Å². The minimum absolute atomic E-state index is 0.00406. The Bertz CT molecular complexity index is 837. The van der Waals surface area contributed by atoms with Gasteiger partial charge in [0.15, 0.2) is 0 Å². The molecular weight excluding hydrogens is 374 g/mol. The summed E-state index contributed by atoms with van der Waals surface area (Å²) in [5, 5.41) is 10.0. The maximum absolute atomic E-state index is 12.2.